The number of hydrogen-bond acceptors (Lipinski definition) is 3. The minimum absolute atomic E-state index is 0.00987. The first kappa shape index (κ1) is 18.9. The van der Waals surface area contributed by atoms with Gasteiger partial charge in [0.1, 0.15) is 0 Å². The Hall–Kier alpha value is -3.41. The molecular weight excluding hydrogens is 364 g/mol. The Kier molecular flexibility index (Phi) is 5.42. The molecule has 1 N–H and O–H groups in total. The molecule has 0 atom stereocenters. The average molecular weight is 388 g/mol. The Morgan fingerprint density at radius 2 is 1.66 bits per heavy atom. The van der Waals surface area contributed by atoms with E-state index in [9.17, 15) is 9.59 Å². The number of likely N-dealkylation sites (tertiary alicyclic amines) is 1. The fourth-order valence-electron chi connectivity index (χ4n) is 3.68. The number of aromatic nitrogens is 2. The molecule has 0 bridgehead atoms. The topological polar surface area (TPSA) is 67.2 Å². The summed E-state index contributed by atoms with van der Waals surface area (Å²) in [6.07, 6.45) is 3.11. The van der Waals surface area contributed by atoms with E-state index in [1.54, 1.807) is 6.20 Å². The Bertz CT molecular complexity index is 987. The monoisotopic (exact) mass is 388 g/mol. The number of aryl methyl sites for hydroxylation is 1. The summed E-state index contributed by atoms with van der Waals surface area (Å²) < 4.78 is 1.84. The number of para-hydroxylation sites is 1. The third kappa shape index (κ3) is 4.21. The number of benzene rings is 2. The predicted octanol–water partition coefficient (Wildman–Crippen LogP) is 3.67. The van der Waals surface area contributed by atoms with Crippen molar-refractivity contribution in [3.63, 3.8) is 0 Å². The van der Waals surface area contributed by atoms with Crippen molar-refractivity contribution in [2.75, 3.05) is 18.4 Å². The number of nitrogens with one attached hydrogen (secondary N) is 1. The lowest BCUT2D eigenvalue weighted by atomic mass is 9.95. The van der Waals surface area contributed by atoms with Gasteiger partial charge in [0, 0.05) is 42.1 Å². The largest absolute Gasteiger partial charge is 0.339 e. The molecule has 2 heterocycles. The van der Waals surface area contributed by atoms with Gasteiger partial charge in [0.2, 0.25) is 5.91 Å². The number of hydrogen-bond donors (Lipinski definition) is 1. The first-order chi connectivity index (χ1) is 14.1. The van der Waals surface area contributed by atoms with Crippen LogP contribution in [0, 0.1) is 12.8 Å². The standard InChI is InChI=1S/C23H24N4O2/c1-17-11-14-24-27(17)21-9-7-19(8-10-21)23(29)26-15-12-18(13-16-26)22(28)25-20-5-3-2-4-6-20/h2-11,14,18H,12-13,15-16H2,1H3,(H,25,28). The normalized spacial score (nSPS) is 14.6. The van der Waals surface area contributed by atoms with Gasteiger partial charge in [-0.05, 0) is 62.2 Å². The lowest BCUT2D eigenvalue weighted by Gasteiger charge is -2.31. The van der Waals surface area contributed by atoms with Crippen molar-refractivity contribution in [1.82, 2.24) is 14.7 Å². The van der Waals surface area contributed by atoms with Gasteiger partial charge in [-0.2, -0.15) is 5.10 Å². The Labute approximate surface area is 170 Å². The van der Waals surface area contributed by atoms with Crippen molar-refractivity contribution >= 4 is 17.5 Å². The van der Waals surface area contributed by atoms with E-state index in [0.717, 1.165) is 17.1 Å². The number of carbonyl (C=O) groups is 2. The highest BCUT2D eigenvalue weighted by Crippen LogP contribution is 2.21. The third-order valence-electron chi connectivity index (χ3n) is 5.39. The Balaban J connectivity index is 1.34. The zero-order valence-corrected chi connectivity index (χ0v) is 16.4. The second-order valence-electron chi connectivity index (χ2n) is 7.35. The predicted molar refractivity (Wildman–Crippen MR) is 112 cm³/mol. The minimum Gasteiger partial charge on any atom is -0.339 e. The first-order valence-corrected chi connectivity index (χ1v) is 9.88. The van der Waals surface area contributed by atoms with Crippen LogP contribution in [0.3, 0.4) is 0 Å². The quantitative estimate of drug-likeness (QED) is 0.742. The molecule has 1 aliphatic heterocycles. The molecule has 6 heteroatoms. The summed E-state index contributed by atoms with van der Waals surface area (Å²) in [6.45, 7) is 3.17. The van der Waals surface area contributed by atoms with E-state index in [2.05, 4.69) is 10.4 Å². The zero-order valence-electron chi connectivity index (χ0n) is 16.4. The van der Waals surface area contributed by atoms with Crippen molar-refractivity contribution in [2.45, 2.75) is 19.8 Å². The van der Waals surface area contributed by atoms with E-state index in [4.69, 9.17) is 0 Å². The molecule has 2 aromatic carbocycles. The highest BCUT2D eigenvalue weighted by Gasteiger charge is 2.27. The van der Waals surface area contributed by atoms with E-state index in [1.165, 1.54) is 0 Å². The minimum atomic E-state index is -0.0653. The van der Waals surface area contributed by atoms with Crippen molar-refractivity contribution < 1.29 is 9.59 Å². The molecule has 2 amide bonds. The van der Waals surface area contributed by atoms with Crippen LogP contribution in [0.15, 0.2) is 66.9 Å². The smallest absolute Gasteiger partial charge is 0.253 e. The fourth-order valence-corrected chi connectivity index (χ4v) is 3.68. The molecule has 1 aliphatic rings. The second-order valence-corrected chi connectivity index (χ2v) is 7.35. The van der Waals surface area contributed by atoms with Crippen LogP contribution in [-0.4, -0.2) is 39.6 Å². The number of piperidine rings is 1. The van der Waals surface area contributed by atoms with Gasteiger partial charge in [-0.3, -0.25) is 9.59 Å². The summed E-state index contributed by atoms with van der Waals surface area (Å²) in [4.78, 5) is 27.1. The maximum atomic E-state index is 12.8. The van der Waals surface area contributed by atoms with Crippen LogP contribution in [0.4, 0.5) is 5.69 Å². The van der Waals surface area contributed by atoms with Gasteiger partial charge in [-0.15, -0.1) is 0 Å². The lowest BCUT2D eigenvalue weighted by molar-refractivity contribution is -0.121. The lowest BCUT2D eigenvalue weighted by Crippen LogP contribution is -2.41. The van der Waals surface area contributed by atoms with Crippen LogP contribution >= 0.6 is 0 Å². The number of nitrogens with zero attached hydrogens (tertiary/aromatic N) is 3. The fraction of sp³-hybridized carbons (Fsp3) is 0.261. The van der Waals surface area contributed by atoms with Crippen LogP contribution in [0.5, 0.6) is 0 Å². The number of rotatable bonds is 4. The van der Waals surface area contributed by atoms with E-state index in [1.807, 2.05) is 77.2 Å². The number of amides is 2. The summed E-state index contributed by atoms with van der Waals surface area (Å²) in [5, 5.41) is 7.25. The maximum Gasteiger partial charge on any atom is 0.253 e. The summed E-state index contributed by atoms with van der Waals surface area (Å²) in [5.74, 6) is -0.0256. The summed E-state index contributed by atoms with van der Waals surface area (Å²) >= 11 is 0. The van der Waals surface area contributed by atoms with E-state index >= 15 is 0 Å². The molecule has 4 rings (SSSR count). The summed E-state index contributed by atoms with van der Waals surface area (Å²) in [6, 6.07) is 18.9. The van der Waals surface area contributed by atoms with Gasteiger partial charge in [-0.1, -0.05) is 18.2 Å². The molecule has 3 aromatic rings. The van der Waals surface area contributed by atoms with Gasteiger partial charge in [0.15, 0.2) is 0 Å². The molecular formula is C23H24N4O2. The molecule has 0 saturated carbocycles. The van der Waals surface area contributed by atoms with Gasteiger partial charge in [-0.25, -0.2) is 4.68 Å². The maximum absolute atomic E-state index is 12.8. The molecule has 0 unspecified atom stereocenters. The Morgan fingerprint density at radius 3 is 2.28 bits per heavy atom. The SMILES string of the molecule is Cc1ccnn1-c1ccc(C(=O)N2CCC(C(=O)Nc3ccccc3)CC2)cc1. The van der Waals surface area contributed by atoms with Crippen LogP contribution in [0.1, 0.15) is 28.9 Å². The van der Waals surface area contributed by atoms with Gasteiger partial charge in [0.25, 0.3) is 5.91 Å². The molecule has 1 saturated heterocycles. The molecule has 1 aromatic heterocycles. The van der Waals surface area contributed by atoms with Crippen molar-refractivity contribution in [1.29, 1.82) is 0 Å². The second kappa shape index (κ2) is 8.31. The van der Waals surface area contributed by atoms with Gasteiger partial charge < -0.3 is 10.2 Å². The highest BCUT2D eigenvalue weighted by atomic mass is 16.2. The molecule has 0 spiro atoms. The number of carbonyl (C=O) groups excluding carboxylic acids is 2. The summed E-state index contributed by atoms with van der Waals surface area (Å²) in [7, 11) is 0. The van der Waals surface area contributed by atoms with Crippen LogP contribution in [0.25, 0.3) is 5.69 Å². The first-order valence-electron chi connectivity index (χ1n) is 9.88. The molecule has 1 fully saturated rings. The van der Waals surface area contributed by atoms with Crippen LogP contribution in [-0.2, 0) is 4.79 Å². The molecule has 0 aliphatic carbocycles. The third-order valence-corrected chi connectivity index (χ3v) is 5.39. The van der Waals surface area contributed by atoms with E-state index in [-0.39, 0.29) is 17.7 Å². The van der Waals surface area contributed by atoms with Gasteiger partial charge >= 0.3 is 0 Å². The zero-order chi connectivity index (χ0) is 20.2. The number of anilines is 1. The summed E-state index contributed by atoms with van der Waals surface area (Å²) in [5.41, 5.74) is 3.44. The molecule has 0 radical (unpaired) electrons. The average Bonchev–Trinajstić information content (AvgIpc) is 3.20. The van der Waals surface area contributed by atoms with Crippen molar-refractivity contribution in [3.05, 3.63) is 78.1 Å². The van der Waals surface area contributed by atoms with Crippen LogP contribution in [0.2, 0.25) is 0 Å². The molecule has 148 valence electrons. The van der Waals surface area contributed by atoms with Crippen molar-refractivity contribution in [2.24, 2.45) is 5.92 Å². The van der Waals surface area contributed by atoms with Gasteiger partial charge in [0.05, 0.1) is 5.69 Å². The van der Waals surface area contributed by atoms with Crippen LogP contribution < -0.4 is 5.32 Å². The van der Waals surface area contributed by atoms with E-state index < -0.39 is 0 Å². The molecule has 29 heavy (non-hydrogen) atoms. The van der Waals surface area contributed by atoms with Crippen molar-refractivity contribution in [3.8, 4) is 5.69 Å². The van der Waals surface area contributed by atoms with E-state index in [0.29, 0.717) is 31.5 Å². The highest BCUT2D eigenvalue weighted by molar-refractivity contribution is 5.95. The Morgan fingerprint density at radius 1 is 0.966 bits per heavy atom. The molecule has 6 nitrogen and oxygen atoms in total.